The van der Waals surface area contributed by atoms with Crippen molar-refractivity contribution in [2.45, 2.75) is 25.1 Å². The molecule has 0 saturated carbocycles. The topological polar surface area (TPSA) is 53.4 Å². The zero-order valence-electron chi connectivity index (χ0n) is 13.5. The highest BCUT2D eigenvalue weighted by molar-refractivity contribution is 5.95. The number of halogens is 3. The van der Waals surface area contributed by atoms with Gasteiger partial charge in [0, 0.05) is 30.9 Å². The Morgan fingerprint density at radius 3 is 2.48 bits per heavy atom. The van der Waals surface area contributed by atoms with Crippen molar-refractivity contribution in [2.75, 3.05) is 13.1 Å². The number of amides is 1. The van der Waals surface area contributed by atoms with Crippen LogP contribution < -0.4 is 0 Å². The van der Waals surface area contributed by atoms with Crippen LogP contribution in [0.25, 0.3) is 11.1 Å². The third-order valence-corrected chi connectivity index (χ3v) is 4.43. The number of hydrogen-bond donors (Lipinski definition) is 1. The number of nitrogens with zero attached hydrogens (tertiary/aromatic N) is 2. The van der Waals surface area contributed by atoms with Crippen molar-refractivity contribution in [3.05, 3.63) is 53.9 Å². The first-order valence-corrected chi connectivity index (χ1v) is 7.80. The fourth-order valence-corrected chi connectivity index (χ4v) is 2.84. The Kier molecular flexibility index (Phi) is 4.28. The summed E-state index contributed by atoms with van der Waals surface area (Å²) >= 11 is 0. The predicted molar refractivity (Wildman–Crippen MR) is 85.9 cm³/mol. The summed E-state index contributed by atoms with van der Waals surface area (Å²) in [6, 6.07) is 9.23. The molecular weight excluding hydrogens is 333 g/mol. The first kappa shape index (κ1) is 17.4. The highest BCUT2D eigenvalue weighted by Gasteiger charge is 2.57. The minimum absolute atomic E-state index is 0.149. The zero-order chi connectivity index (χ0) is 18.2. The SMILES string of the molecule is Cc1ccc(-c2cncc(C(=O)N3CCC(O)(C(F)(F)F)C3)c2)cc1. The van der Waals surface area contributed by atoms with Gasteiger partial charge in [0.2, 0.25) is 0 Å². The van der Waals surface area contributed by atoms with E-state index in [1.807, 2.05) is 31.2 Å². The van der Waals surface area contributed by atoms with Crippen molar-refractivity contribution in [2.24, 2.45) is 0 Å². The standard InChI is InChI=1S/C18H17F3N2O2/c1-12-2-4-13(5-3-12)14-8-15(10-22-9-14)16(24)23-7-6-17(25,11-23)18(19,20)21/h2-5,8-10,25H,6-7,11H2,1H3. The molecule has 0 aliphatic carbocycles. The molecule has 1 unspecified atom stereocenters. The molecule has 1 aromatic carbocycles. The number of alkyl halides is 3. The molecule has 1 N–H and O–H groups in total. The average Bonchev–Trinajstić information content (AvgIpc) is 2.98. The van der Waals surface area contributed by atoms with E-state index < -0.39 is 30.7 Å². The van der Waals surface area contributed by atoms with Crippen LogP contribution in [-0.2, 0) is 0 Å². The monoisotopic (exact) mass is 350 g/mol. The summed E-state index contributed by atoms with van der Waals surface area (Å²) in [6.45, 7) is 1.05. The van der Waals surface area contributed by atoms with Crippen molar-refractivity contribution in [1.82, 2.24) is 9.88 Å². The molecule has 1 atom stereocenters. The van der Waals surface area contributed by atoms with Gasteiger partial charge in [0.25, 0.3) is 5.91 Å². The van der Waals surface area contributed by atoms with Gasteiger partial charge in [0.05, 0.1) is 12.1 Å². The summed E-state index contributed by atoms with van der Waals surface area (Å²) in [6.07, 6.45) is -2.36. The van der Waals surface area contributed by atoms with Crippen molar-refractivity contribution < 1.29 is 23.1 Å². The van der Waals surface area contributed by atoms with Gasteiger partial charge in [-0.05, 0) is 18.6 Å². The Hall–Kier alpha value is -2.41. The average molecular weight is 350 g/mol. The number of carbonyl (C=O) groups is 1. The molecule has 1 aliphatic rings. The lowest BCUT2D eigenvalue weighted by atomic mass is 10.0. The molecule has 1 amide bonds. The van der Waals surface area contributed by atoms with E-state index in [0.29, 0.717) is 5.56 Å². The van der Waals surface area contributed by atoms with E-state index >= 15 is 0 Å². The first-order chi connectivity index (χ1) is 11.7. The predicted octanol–water partition coefficient (Wildman–Crippen LogP) is 3.20. The van der Waals surface area contributed by atoms with E-state index in [1.54, 1.807) is 12.3 Å². The maximum atomic E-state index is 12.9. The molecule has 3 rings (SSSR count). The number of aliphatic hydroxyl groups is 1. The third-order valence-electron chi connectivity index (χ3n) is 4.43. The molecule has 0 spiro atoms. The highest BCUT2D eigenvalue weighted by Crippen LogP contribution is 2.38. The highest BCUT2D eigenvalue weighted by atomic mass is 19.4. The number of hydrogen-bond acceptors (Lipinski definition) is 3. The van der Waals surface area contributed by atoms with Crippen LogP contribution >= 0.6 is 0 Å². The van der Waals surface area contributed by atoms with Crippen LogP contribution in [0.2, 0.25) is 0 Å². The fraction of sp³-hybridized carbons (Fsp3) is 0.333. The molecule has 1 saturated heterocycles. The molecule has 1 fully saturated rings. The molecule has 0 radical (unpaired) electrons. The van der Waals surface area contributed by atoms with E-state index in [1.165, 1.54) is 6.20 Å². The number of likely N-dealkylation sites (tertiary alicyclic amines) is 1. The Bertz CT molecular complexity index is 790. The van der Waals surface area contributed by atoms with E-state index in [0.717, 1.165) is 16.0 Å². The van der Waals surface area contributed by atoms with Crippen LogP contribution in [0.4, 0.5) is 13.2 Å². The van der Waals surface area contributed by atoms with E-state index in [2.05, 4.69) is 4.98 Å². The molecule has 0 bridgehead atoms. The second kappa shape index (κ2) is 6.15. The minimum atomic E-state index is -4.76. The molecule has 7 heteroatoms. The molecule has 1 aromatic heterocycles. The van der Waals surface area contributed by atoms with E-state index in [9.17, 15) is 23.1 Å². The van der Waals surface area contributed by atoms with Crippen LogP contribution in [0.5, 0.6) is 0 Å². The lowest BCUT2D eigenvalue weighted by Gasteiger charge is -2.25. The molecule has 1 aliphatic heterocycles. The Balaban J connectivity index is 1.82. The fourth-order valence-electron chi connectivity index (χ4n) is 2.84. The number of aryl methyl sites for hydroxylation is 1. The smallest absolute Gasteiger partial charge is 0.379 e. The lowest BCUT2D eigenvalue weighted by Crippen LogP contribution is -2.48. The van der Waals surface area contributed by atoms with Gasteiger partial charge in [-0.25, -0.2) is 0 Å². The van der Waals surface area contributed by atoms with Crippen LogP contribution in [0.3, 0.4) is 0 Å². The summed E-state index contributed by atoms with van der Waals surface area (Å²) in [5.41, 5.74) is 0.0130. The maximum absolute atomic E-state index is 12.9. The summed E-state index contributed by atoms with van der Waals surface area (Å²) in [4.78, 5) is 17.6. The van der Waals surface area contributed by atoms with Gasteiger partial charge in [-0.15, -0.1) is 0 Å². The van der Waals surface area contributed by atoms with Crippen molar-refractivity contribution >= 4 is 5.91 Å². The number of benzene rings is 1. The summed E-state index contributed by atoms with van der Waals surface area (Å²) in [5, 5.41) is 9.72. The molecule has 2 heterocycles. The largest absolute Gasteiger partial charge is 0.419 e. The van der Waals surface area contributed by atoms with Gasteiger partial charge in [0.1, 0.15) is 0 Å². The van der Waals surface area contributed by atoms with Gasteiger partial charge in [-0.1, -0.05) is 29.8 Å². The number of β-amino-alcohol motifs (C(OH)–C–C–N with tert-alkyl or cyclic N) is 1. The third kappa shape index (κ3) is 3.37. The van der Waals surface area contributed by atoms with Gasteiger partial charge >= 0.3 is 6.18 Å². The van der Waals surface area contributed by atoms with Gasteiger partial charge < -0.3 is 10.0 Å². The zero-order valence-corrected chi connectivity index (χ0v) is 13.5. The summed E-state index contributed by atoms with van der Waals surface area (Å²) < 4.78 is 38.7. The quantitative estimate of drug-likeness (QED) is 0.905. The molecule has 2 aromatic rings. The minimum Gasteiger partial charge on any atom is -0.379 e. The number of carbonyl (C=O) groups excluding carboxylic acids is 1. The Morgan fingerprint density at radius 1 is 1.20 bits per heavy atom. The van der Waals surface area contributed by atoms with Crippen molar-refractivity contribution in [3.63, 3.8) is 0 Å². The Morgan fingerprint density at radius 2 is 1.88 bits per heavy atom. The Labute approximate surface area is 142 Å². The summed E-state index contributed by atoms with van der Waals surface area (Å²) in [7, 11) is 0. The maximum Gasteiger partial charge on any atom is 0.419 e. The first-order valence-electron chi connectivity index (χ1n) is 7.80. The van der Waals surface area contributed by atoms with Crippen LogP contribution in [0, 0.1) is 6.92 Å². The lowest BCUT2D eigenvalue weighted by molar-refractivity contribution is -0.253. The van der Waals surface area contributed by atoms with Crippen LogP contribution in [-0.4, -0.2) is 45.8 Å². The second-order valence-electron chi connectivity index (χ2n) is 6.33. The van der Waals surface area contributed by atoms with Crippen LogP contribution in [0.15, 0.2) is 42.7 Å². The number of aromatic nitrogens is 1. The molecular formula is C18H17F3N2O2. The number of rotatable bonds is 2. The van der Waals surface area contributed by atoms with Gasteiger partial charge in [0.15, 0.2) is 5.60 Å². The molecule has 132 valence electrons. The van der Waals surface area contributed by atoms with Crippen molar-refractivity contribution in [1.29, 1.82) is 0 Å². The van der Waals surface area contributed by atoms with E-state index in [4.69, 9.17) is 0 Å². The van der Waals surface area contributed by atoms with Crippen molar-refractivity contribution in [3.8, 4) is 11.1 Å². The van der Waals surface area contributed by atoms with Gasteiger partial charge in [-0.3, -0.25) is 9.78 Å². The van der Waals surface area contributed by atoms with E-state index in [-0.39, 0.29) is 12.1 Å². The summed E-state index contributed by atoms with van der Waals surface area (Å²) in [5.74, 6) is -0.568. The van der Waals surface area contributed by atoms with Gasteiger partial charge in [-0.2, -0.15) is 13.2 Å². The molecule has 4 nitrogen and oxygen atoms in total. The van der Waals surface area contributed by atoms with Crippen LogP contribution in [0.1, 0.15) is 22.3 Å². The normalized spacial score (nSPS) is 20.8. The second-order valence-corrected chi connectivity index (χ2v) is 6.33. The molecule has 25 heavy (non-hydrogen) atoms. The number of pyridine rings is 1.